The predicted octanol–water partition coefficient (Wildman–Crippen LogP) is 1.21. The van der Waals surface area contributed by atoms with Crippen molar-refractivity contribution in [3.8, 4) is 0 Å². The van der Waals surface area contributed by atoms with Crippen molar-refractivity contribution < 1.29 is 17.9 Å². The summed E-state index contributed by atoms with van der Waals surface area (Å²) >= 11 is 0. The van der Waals surface area contributed by atoms with Crippen LogP contribution in [0.15, 0.2) is 4.90 Å². The summed E-state index contributed by atoms with van der Waals surface area (Å²) in [5, 5.41) is 4.17. The maximum atomic E-state index is 12.8. The molecule has 1 aromatic heterocycles. The van der Waals surface area contributed by atoms with Gasteiger partial charge in [-0.1, -0.05) is 20.8 Å². The Balaban J connectivity index is 2.49. The fraction of sp³-hybridized carbons (Fsp3) is 0.714. The molecule has 0 unspecified atom stereocenters. The van der Waals surface area contributed by atoms with Crippen molar-refractivity contribution in [1.82, 2.24) is 14.1 Å². The van der Waals surface area contributed by atoms with E-state index in [1.54, 1.807) is 34.6 Å². The summed E-state index contributed by atoms with van der Waals surface area (Å²) in [6.07, 6.45) is 0. The Morgan fingerprint density at radius 2 is 1.73 bits per heavy atom. The topological polar surface area (TPSA) is 81.5 Å². The van der Waals surface area contributed by atoms with Gasteiger partial charge >= 0.3 is 0 Å². The van der Waals surface area contributed by atoms with E-state index in [0.717, 1.165) is 0 Å². The fourth-order valence-corrected chi connectivity index (χ4v) is 4.20. The Bertz CT molecular complexity index is 680. The maximum absolute atomic E-state index is 12.8. The third kappa shape index (κ3) is 2.95. The summed E-state index contributed by atoms with van der Waals surface area (Å²) < 4.78 is 33.4. The zero-order valence-electron chi connectivity index (χ0n) is 13.7. The molecule has 0 atom stereocenters. The molecule has 0 amide bonds. The van der Waals surface area contributed by atoms with Gasteiger partial charge in [-0.15, -0.1) is 0 Å². The van der Waals surface area contributed by atoms with Crippen LogP contribution in [0.5, 0.6) is 0 Å². The van der Waals surface area contributed by atoms with Crippen LogP contribution in [0.3, 0.4) is 0 Å². The first-order valence-electron chi connectivity index (χ1n) is 7.25. The molecule has 124 valence electrons. The van der Waals surface area contributed by atoms with Gasteiger partial charge in [-0.05, 0) is 13.8 Å². The van der Waals surface area contributed by atoms with Crippen molar-refractivity contribution in [3.63, 3.8) is 0 Å². The standard InChI is InChI=1S/C14H23N3O4S/c1-10-12(22(19,20)16-6-8-21-9-7-16)11(2)17(15-10)13(18)14(3,4)5/h6-9H2,1-5H3. The summed E-state index contributed by atoms with van der Waals surface area (Å²) in [6.45, 7) is 9.98. The second-order valence-electron chi connectivity index (χ2n) is 6.48. The van der Waals surface area contributed by atoms with Gasteiger partial charge in [-0.2, -0.15) is 9.40 Å². The van der Waals surface area contributed by atoms with Crippen LogP contribution in [0.2, 0.25) is 0 Å². The van der Waals surface area contributed by atoms with Gasteiger partial charge in [0.15, 0.2) is 0 Å². The van der Waals surface area contributed by atoms with Crippen LogP contribution in [0, 0.1) is 19.3 Å². The normalized spacial score (nSPS) is 17.7. The third-order valence-corrected chi connectivity index (χ3v) is 5.78. The van der Waals surface area contributed by atoms with Crippen LogP contribution in [-0.4, -0.2) is 54.7 Å². The molecular formula is C14H23N3O4S. The Morgan fingerprint density at radius 3 is 2.23 bits per heavy atom. The smallest absolute Gasteiger partial charge is 0.252 e. The lowest BCUT2D eigenvalue weighted by Crippen LogP contribution is -2.41. The predicted molar refractivity (Wildman–Crippen MR) is 81.4 cm³/mol. The largest absolute Gasteiger partial charge is 0.379 e. The van der Waals surface area contributed by atoms with E-state index in [2.05, 4.69) is 5.10 Å². The van der Waals surface area contributed by atoms with Crippen LogP contribution in [-0.2, 0) is 14.8 Å². The average Bonchev–Trinajstić information content (AvgIpc) is 2.73. The van der Waals surface area contributed by atoms with E-state index >= 15 is 0 Å². The SMILES string of the molecule is Cc1nn(C(=O)C(C)(C)C)c(C)c1S(=O)(=O)N1CCOCC1. The highest BCUT2D eigenvalue weighted by Crippen LogP contribution is 2.26. The first-order chi connectivity index (χ1) is 10.1. The number of aromatic nitrogens is 2. The molecule has 8 heteroatoms. The molecule has 2 heterocycles. The van der Waals surface area contributed by atoms with E-state index in [4.69, 9.17) is 4.74 Å². The van der Waals surface area contributed by atoms with Crippen LogP contribution in [0.1, 0.15) is 37.0 Å². The number of carbonyl (C=O) groups is 1. The number of morpholine rings is 1. The van der Waals surface area contributed by atoms with Crippen molar-refractivity contribution in [2.75, 3.05) is 26.3 Å². The highest BCUT2D eigenvalue weighted by Gasteiger charge is 2.34. The second kappa shape index (κ2) is 5.75. The number of sulfonamides is 1. The van der Waals surface area contributed by atoms with Crippen LogP contribution >= 0.6 is 0 Å². The lowest BCUT2D eigenvalue weighted by molar-refractivity contribution is 0.0728. The van der Waals surface area contributed by atoms with Gasteiger partial charge in [0.1, 0.15) is 4.90 Å². The van der Waals surface area contributed by atoms with E-state index in [1.165, 1.54) is 8.99 Å². The van der Waals surface area contributed by atoms with Gasteiger partial charge in [0, 0.05) is 18.5 Å². The quantitative estimate of drug-likeness (QED) is 0.814. The average molecular weight is 329 g/mol. The van der Waals surface area contributed by atoms with E-state index in [9.17, 15) is 13.2 Å². The maximum Gasteiger partial charge on any atom is 0.252 e. The number of carbonyl (C=O) groups excluding carboxylic acids is 1. The molecule has 1 saturated heterocycles. The number of hydrogen-bond acceptors (Lipinski definition) is 5. The molecule has 1 fully saturated rings. The lowest BCUT2D eigenvalue weighted by atomic mass is 9.96. The van der Waals surface area contributed by atoms with E-state index in [1.807, 2.05) is 0 Å². The molecule has 2 rings (SSSR count). The second-order valence-corrected chi connectivity index (χ2v) is 8.36. The fourth-order valence-electron chi connectivity index (χ4n) is 2.43. The lowest BCUT2D eigenvalue weighted by Gasteiger charge is -2.26. The molecule has 0 aromatic carbocycles. The summed E-state index contributed by atoms with van der Waals surface area (Å²) in [6, 6.07) is 0. The Morgan fingerprint density at radius 1 is 1.18 bits per heavy atom. The van der Waals surface area contributed by atoms with Crippen molar-refractivity contribution in [2.45, 2.75) is 39.5 Å². The number of aryl methyl sites for hydroxylation is 1. The zero-order valence-corrected chi connectivity index (χ0v) is 14.5. The Labute approximate surface area is 131 Å². The van der Waals surface area contributed by atoms with Gasteiger partial charge in [0.2, 0.25) is 10.0 Å². The van der Waals surface area contributed by atoms with Crippen molar-refractivity contribution in [1.29, 1.82) is 0 Å². The van der Waals surface area contributed by atoms with Crippen molar-refractivity contribution in [3.05, 3.63) is 11.4 Å². The summed E-state index contributed by atoms with van der Waals surface area (Å²) in [7, 11) is -3.66. The number of nitrogens with zero attached hydrogens (tertiary/aromatic N) is 3. The highest BCUT2D eigenvalue weighted by atomic mass is 32.2. The molecule has 7 nitrogen and oxygen atoms in total. The molecule has 0 radical (unpaired) electrons. The Hall–Kier alpha value is -1.25. The minimum atomic E-state index is -3.66. The Kier molecular flexibility index (Phi) is 4.47. The molecule has 1 aliphatic heterocycles. The van der Waals surface area contributed by atoms with E-state index < -0.39 is 15.4 Å². The number of hydrogen-bond donors (Lipinski definition) is 0. The third-order valence-electron chi connectivity index (χ3n) is 3.63. The molecule has 22 heavy (non-hydrogen) atoms. The molecular weight excluding hydrogens is 306 g/mol. The first kappa shape index (κ1) is 17.1. The molecule has 0 aliphatic carbocycles. The molecule has 0 bridgehead atoms. The van der Waals surface area contributed by atoms with Crippen molar-refractivity contribution >= 4 is 15.9 Å². The first-order valence-corrected chi connectivity index (χ1v) is 8.69. The number of ether oxygens (including phenoxy) is 1. The van der Waals surface area contributed by atoms with Gasteiger partial charge in [0.25, 0.3) is 5.91 Å². The zero-order chi connectivity index (χ0) is 16.7. The summed E-state index contributed by atoms with van der Waals surface area (Å²) in [5.41, 5.74) is 0.0777. The highest BCUT2D eigenvalue weighted by molar-refractivity contribution is 7.89. The minimum Gasteiger partial charge on any atom is -0.379 e. The van der Waals surface area contributed by atoms with Crippen LogP contribution in [0.4, 0.5) is 0 Å². The molecule has 0 saturated carbocycles. The van der Waals surface area contributed by atoms with Gasteiger partial charge in [0.05, 0.1) is 24.6 Å². The summed E-state index contributed by atoms with van der Waals surface area (Å²) in [4.78, 5) is 12.6. The van der Waals surface area contributed by atoms with Gasteiger partial charge in [-0.3, -0.25) is 4.79 Å². The molecule has 1 aromatic rings. The minimum absolute atomic E-state index is 0.131. The molecule has 1 aliphatic rings. The number of rotatable bonds is 2. The monoisotopic (exact) mass is 329 g/mol. The molecule has 0 spiro atoms. The van der Waals surface area contributed by atoms with Crippen LogP contribution < -0.4 is 0 Å². The van der Waals surface area contributed by atoms with Crippen molar-refractivity contribution in [2.24, 2.45) is 5.41 Å². The van der Waals surface area contributed by atoms with E-state index in [0.29, 0.717) is 37.7 Å². The van der Waals surface area contributed by atoms with Crippen LogP contribution in [0.25, 0.3) is 0 Å². The van der Waals surface area contributed by atoms with E-state index in [-0.39, 0.29) is 10.8 Å². The van der Waals surface area contributed by atoms with Gasteiger partial charge in [-0.25, -0.2) is 13.1 Å². The summed E-state index contributed by atoms with van der Waals surface area (Å²) in [5.74, 6) is -0.225. The molecule has 0 N–H and O–H groups in total. The van der Waals surface area contributed by atoms with Gasteiger partial charge < -0.3 is 4.74 Å².